The molecule has 1 heterocycles. The van der Waals surface area contributed by atoms with Crippen molar-refractivity contribution >= 4 is 12.7 Å². The summed E-state index contributed by atoms with van der Waals surface area (Å²) in [5, 5.41) is 0. The molecule has 0 amide bonds. The molecule has 2 aliphatic rings. The minimum atomic E-state index is -0.257. The quantitative estimate of drug-likeness (QED) is 0.760. The fourth-order valence-corrected chi connectivity index (χ4v) is 2.85. The molecule has 3 rings (SSSR count). The molecule has 1 aromatic carbocycles. The van der Waals surface area contributed by atoms with E-state index >= 15 is 0 Å². The molecule has 0 radical (unpaired) electrons. The molecule has 0 spiro atoms. The first-order valence-electron chi connectivity index (χ1n) is 7.62. The summed E-state index contributed by atoms with van der Waals surface area (Å²) < 4.78 is 12.3. The molecule has 0 bridgehead atoms. The van der Waals surface area contributed by atoms with Crippen LogP contribution in [0, 0.1) is 0 Å². The Hall–Kier alpha value is -1.32. The molecule has 1 aliphatic carbocycles. The second-order valence-corrected chi connectivity index (χ2v) is 6.94. The van der Waals surface area contributed by atoms with Crippen molar-refractivity contribution in [2.45, 2.75) is 51.1 Å². The van der Waals surface area contributed by atoms with Gasteiger partial charge in [-0.1, -0.05) is 48.6 Å². The Balaban J connectivity index is 1.83. The molecular formula is C18H23BO2. The fraction of sp³-hybridized carbons (Fsp3) is 0.444. The van der Waals surface area contributed by atoms with Crippen LogP contribution in [0.2, 0.25) is 5.82 Å². The summed E-state index contributed by atoms with van der Waals surface area (Å²) in [6, 6.07) is 10.4. The van der Waals surface area contributed by atoms with Gasteiger partial charge in [-0.3, -0.25) is 0 Å². The van der Waals surface area contributed by atoms with Gasteiger partial charge < -0.3 is 9.31 Å². The molecule has 1 unspecified atom stereocenters. The van der Waals surface area contributed by atoms with Gasteiger partial charge in [0.15, 0.2) is 0 Å². The van der Waals surface area contributed by atoms with Gasteiger partial charge in [-0.15, -0.1) is 0 Å². The van der Waals surface area contributed by atoms with Crippen molar-refractivity contribution in [1.29, 1.82) is 0 Å². The Morgan fingerprint density at radius 1 is 1.14 bits per heavy atom. The zero-order chi connectivity index (χ0) is 15.3. The lowest BCUT2D eigenvalue weighted by Gasteiger charge is -2.32. The first-order valence-corrected chi connectivity index (χ1v) is 7.62. The van der Waals surface area contributed by atoms with Gasteiger partial charge in [-0.05, 0) is 45.3 Å². The molecule has 1 saturated carbocycles. The van der Waals surface area contributed by atoms with Gasteiger partial charge in [0, 0.05) is 5.82 Å². The van der Waals surface area contributed by atoms with E-state index in [4.69, 9.17) is 9.31 Å². The van der Waals surface area contributed by atoms with Crippen LogP contribution in [0.25, 0.3) is 5.57 Å². The van der Waals surface area contributed by atoms with Crippen LogP contribution in [-0.4, -0.2) is 18.3 Å². The normalized spacial score (nSPS) is 28.4. The second kappa shape index (κ2) is 4.86. The Labute approximate surface area is 128 Å². The zero-order valence-corrected chi connectivity index (χ0v) is 13.3. The van der Waals surface area contributed by atoms with Crippen LogP contribution >= 0.6 is 0 Å². The molecular weight excluding hydrogens is 259 g/mol. The van der Waals surface area contributed by atoms with Gasteiger partial charge in [0.05, 0.1) is 11.2 Å². The molecule has 0 N–H and O–H groups in total. The van der Waals surface area contributed by atoms with E-state index < -0.39 is 0 Å². The second-order valence-electron chi connectivity index (χ2n) is 6.94. The van der Waals surface area contributed by atoms with Crippen LogP contribution in [0.5, 0.6) is 0 Å². The van der Waals surface area contributed by atoms with E-state index in [-0.39, 0.29) is 18.3 Å². The highest BCUT2D eigenvalue weighted by atomic mass is 16.7. The number of hydrogen-bond donors (Lipinski definition) is 0. The van der Waals surface area contributed by atoms with Gasteiger partial charge in [-0.25, -0.2) is 0 Å². The molecule has 1 aliphatic heterocycles. The maximum atomic E-state index is 6.16. The highest BCUT2D eigenvalue weighted by molar-refractivity contribution is 6.50. The van der Waals surface area contributed by atoms with E-state index in [1.807, 2.05) is 12.1 Å². The molecule has 0 aromatic heterocycles. The molecule has 2 nitrogen and oxygen atoms in total. The lowest BCUT2D eigenvalue weighted by molar-refractivity contribution is 0.00578. The average Bonchev–Trinajstić information content (AvgIpc) is 3.15. The predicted molar refractivity (Wildman–Crippen MR) is 88.0 cm³/mol. The zero-order valence-electron chi connectivity index (χ0n) is 13.3. The largest absolute Gasteiger partial charge is 0.465 e. The van der Waals surface area contributed by atoms with Crippen molar-refractivity contribution in [2.75, 3.05) is 0 Å². The maximum absolute atomic E-state index is 6.16. The van der Waals surface area contributed by atoms with Gasteiger partial charge in [-0.2, -0.15) is 0 Å². The Bertz CT molecular complexity index is 570. The average molecular weight is 282 g/mol. The van der Waals surface area contributed by atoms with E-state index in [2.05, 4.69) is 58.5 Å². The monoisotopic (exact) mass is 282 g/mol. The number of rotatable bonds is 3. The first kappa shape index (κ1) is 14.6. The summed E-state index contributed by atoms with van der Waals surface area (Å²) in [4.78, 5) is 0. The van der Waals surface area contributed by atoms with Gasteiger partial charge in [0.1, 0.15) is 0 Å². The summed E-state index contributed by atoms with van der Waals surface area (Å²) in [7, 11) is -0.135. The van der Waals surface area contributed by atoms with Crippen molar-refractivity contribution in [3.8, 4) is 0 Å². The van der Waals surface area contributed by atoms with Crippen LogP contribution < -0.4 is 0 Å². The summed E-state index contributed by atoms with van der Waals surface area (Å²) in [6.45, 7) is 12.4. The molecule has 1 aromatic rings. The first-order chi connectivity index (χ1) is 9.86. The van der Waals surface area contributed by atoms with E-state index in [1.165, 1.54) is 16.7 Å². The summed E-state index contributed by atoms with van der Waals surface area (Å²) in [6.07, 6.45) is 2.99. The lowest BCUT2D eigenvalue weighted by atomic mass is 9.81. The molecule has 1 saturated heterocycles. The molecule has 110 valence electrons. The summed E-state index contributed by atoms with van der Waals surface area (Å²) in [5.41, 5.74) is 3.34. The van der Waals surface area contributed by atoms with Crippen LogP contribution in [0.15, 0.2) is 48.6 Å². The SMILES string of the molecule is C=C/C(=C1/CC1B1OC(C)(C)C(C)(C)O1)c1ccccc1. The van der Waals surface area contributed by atoms with Gasteiger partial charge in [0.2, 0.25) is 0 Å². The van der Waals surface area contributed by atoms with Crippen LogP contribution in [0.1, 0.15) is 39.7 Å². The topological polar surface area (TPSA) is 18.5 Å². The lowest BCUT2D eigenvalue weighted by Crippen LogP contribution is -2.41. The van der Waals surface area contributed by atoms with Crippen LogP contribution in [0.4, 0.5) is 0 Å². The molecule has 3 heteroatoms. The number of hydrogen-bond acceptors (Lipinski definition) is 2. The number of allylic oxidation sites excluding steroid dienone is 3. The van der Waals surface area contributed by atoms with E-state index in [0.29, 0.717) is 5.82 Å². The maximum Gasteiger partial charge on any atom is 0.465 e. The minimum Gasteiger partial charge on any atom is -0.403 e. The molecule has 1 atom stereocenters. The van der Waals surface area contributed by atoms with Crippen molar-refractivity contribution in [3.05, 3.63) is 54.1 Å². The van der Waals surface area contributed by atoms with Crippen molar-refractivity contribution in [2.24, 2.45) is 0 Å². The smallest absolute Gasteiger partial charge is 0.403 e. The predicted octanol–water partition coefficient (Wildman–Crippen LogP) is 4.49. The molecule has 2 fully saturated rings. The van der Waals surface area contributed by atoms with E-state index in [9.17, 15) is 0 Å². The van der Waals surface area contributed by atoms with Gasteiger partial charge >= 0.3 is 7.12 Å². The molecule has 21 heavy (non-hydrogen) atoms. The minimum absolute atomic E-state index is 0.135. The van der Waals surface area contributed by atoms with Crippen LogP contribution in [0.3, 0.4) is 0 Å². The summed E-state index contributed by atoms with van der Waals surface area (Å²) in [5.74, 6) is 0.360. The third-order valence-electron chi connectivity index (χ3n) is 4.96. The van der Waals surface area contributed by atoms with Crippen molar-refractivity contribution in [3.63, 3.8) is 0 Å². The van der Waals surface area contributed by atoms with E-state index in [0.717, 1.165) is 6.42 Å². The standard InChI is InChI=1S/C18H23BO2/c1-6-14(13-10-8-7-9-11-13)15-12-16(15)19-20-17(2,3)18(4,5)21-19/h6-11,16H,1,12H2,2-5H3/b15-14+. The Morgan fingerprint density at radius 3 is 2.24 bits per heavy atom. The van der Waals surface area contributed by atoms with E-state index in [1.54, 1.807) is 0 Å². The highest BCUT2D eigenvalue weighted by Crippen LogP contribution is 2.55. The Kier molecular flexibility index (Phi) is 3.38. The third kappa shape index (κ3) is 2.49. The van der Waals surface area contributed by atoms with Gasteiger partial charge in [0.25, 0.3) is 0 Å². The summed E-state index contributed by atoms with van der Waals surface area (Å²) >= 11 is 0. The third-order valence-corrected chi connectivity index (χ3v) is 4.96. The Morgan fingerprint density at radius 2 is 1.71 bits per heavy atom. The number of benzene rings is 1. The van der Waals surface area contributed by atoms with Crippen molar-refractivity contribution < 1.29 is 9.31 Å². The highest BCUT2D eigenvalue weighted by Gasteiger charge is 2.58. The van der Waals surface area contributed by atoms with Crippen LogP contribution in [-0.2, 0) is 9.31 Å². The van der Waals surface area contributed by atoms with Crippen molar-refractivity contribution in [1.82, 2.24) is 0 Å². The fourth-order valence-electron chi connectivity index (χ4n) is 2.85.